The van der Waals surface area contributed by atoms with Crippen molar-refractivity contribution >= 4 is 0 Å². The molecule has 0 aliphatic rings. The van der Waals surface area contributed by atoms with Crippen molar-refractivity contribution in [1.29, 1.82) is 0 Å². The van der Waals surface area contributed by atoms with Crippen LogP contribution < -0.4 is 0 Å². The van der Waals surface area contributed by atoms with Crippen molar-refractivity contribution in [2.45, 2.75) is 77.4 Å². The molecule has 104 valence electrons. The third-order valence-electron chi connectivity index (χ3n) is 3.05. The minimum absolute atomic E-state index is 0.161. The van der Waals surface area contributed by atoms with Crippen LogP contribution in [0.25, 0.3) is 0 Å². The molecule has 0 amide bonds. The van der Waals surface area contributed by atoms with Crippen LogP contribution in [0.15, 0.2) is 0 Å². The van der Waals surface area contributed by atoms with Gasteiger partial charge >= 0.3 is 0 Å². The maximum absolute atomic E-state index is 9.03. The number of hydrogen-bond donors (Lipinski definition) is 2. The van der Waals surface area contributed by atoms with Crippen LogP contribution in [-0.2, 0) is 4.74 Å². The number of aliphatic hydroxyl groups is 2. The smallest absolute Gasteiger partial charge is 0.0600 e. The lowest BCUT2D eigenvalue weighted by atomic mass is 10.1. The molecule has 0 aromatic carbocycles. The number of aliphatic hydroxyl groups excluding tert-OH is 2. The average Bonchev–Trinajstić information content (AvgIpc) is 2.33. The fraction of sp³-hybridized carbons (Fsp3) is 1.00. The largest absolute Gasteiger partial charge is 0.396 e. The van der Waals surface area contributed by atoms with E-state index in [9.17, 15) is 0 Å². The molecule has 0 aliphatic heterocycles. The molecule has 17 heavy (non-hydrogen) atoms. The zero-order chi connectivity index (χ0) is 12.9. The van der Waals surface area contributed by atoms with Crippen LogP contribution in [0.1, 0.15) is 65.2 Å². The van der Waals surface area contributed by atoms with Gasteiger partial charge in [-0.25, -0.2) is 0 Å². The van der Waals surface area contributed by atoms with E-state index in [-0.39, 0.29) is 25.4 Å². The van der Waals surface area contributed by atoms with Crippen LogP contribution in [-0.4, -0.2) is 35.6 Å². The van der Waals surface area contributed by atoms with Crippen molar-refractivity contribution in [3.8, 4) is 0 Å². The van der Waals surface area contributed by atoms with E-state index in [0.717, 1.165) is 38.5 Å². The van der Waals surface area contributed by atoms with Crippen LogP contribution >= 0.6 is 0 Å². The normalized spacial score (nSPS) is 14.8. The van der Waals surface area contributed by atoms with E-state index in [1.807, 2.05) is 0 Å². The first kappa shape index (κ1) is 16.9. The molecule has 2 unspecified atom stereocenters. The van der Waals surface area contributed by atoms with Crippen molar-refractivity contribution in [2.24, 2.45) is 0 Å². The van der Waals surface area contributed by atoms with Crippen molar-refractivity contribution in [2.75, 3.05) is 13.2 Å². The van der Waals surface area contributed by atoms with Gasteiger partial charge in [-0.15, -0.1) is 0 Å². The summed E-state index contributed by atoms with van der Waals surface area (Å²) in [5.41, 5.74) is 0. The summed E-state index contributed by atoms with van der Waals surface area (Å²) in [6, 6.07) is 0. The molecular weight excluding hydrogens is 216 g/mol. The van der Waals surface area contributed by atoms with E-state index < -0.39 is 0 Å². The van der Waals surface area contributed by atoms with Crippen molar-refractivity contribution in [3.05, 3.63) is 0 Å². The minimum atomic E-state index is 0.161. The van der Waals surface area contributed by atoms with Gasteiger partial charge in [0.15, 0.2) is 0 Å². The van der Waals surface area contributed by atoms with Crippen LogP contribution in [0, 0.1) is 0 Å². The lowest BCUT2D eigenvalue weighted by Gasteiger charge is -2.24. The van der Waals surface area contributed by atoms with Gasteiger partial charge in [-0.1, -0.05) is 39.5 Å². The third-order valence-corrected chi connectivity index (χ3v) is 3.05. The molecule has 0 bridgehead atoms. The Bertz CT molecular complexity index is 134. The first-order valence-electron chi connectivity index (χ1n) is 7.15. The molecule has 0 saturated carbocycles. The van der Waals surface area contributed by atoms with E-state index in [0.29, 0.717) is 12.8 Å². The molecule has 0 fully saturated rings. The predicted octanol–water partition coefficient (Wildman–Crippen LogP) is 2.89. The van der Waals surface area contributed by atoms with Gasteiger partial charge in [0.1, 0.15) is 0 Å². The Kier molecular flexibility index (Phi) is 12.3. The average molecular weight is 246 g/mol. The first-order valence-corrected chi connectivity index (χ1v) is 7.15. The van der Waals surface area contributed by atoms with Gasteiger partial charge in [-0.05, 0) is 25.7 Å². The SMILES string of the molecule is CCCCC(CCO)OC(CCO)CCCC. The molecular formula is C14H30O3. The van der Waals surface area contributed by atoms with Crippen molar-refractivity contribution < 1.29 is 14.9 Å². The van der Waals surface area contributed by atoms with Gasteiger partial charge in [0.2, 0.25) is 0 Å². The molecule has 0 rings (SSSR count). The maximum Gasteiger partial charge on any atom is 0.0600 e. The summed E-state index contributed by atoms with van der Waals surface area (Å²) in [6.45, 7) is 4.71. The molecule has 0 aliphatic carbocycles. The van der Waals surface area contributed by atoms with Gasteiger partial charge in [-0.3, -0.25) is 0 Å². The summed E-state index contributed by atoms with van der Waals surface area (Å²) in [5.74, 6) is 0. The van der Waals surface area contributed by atoms with E-state index in [2.05, 4.69) is 13.8 Å². The Morgan fingerprint density at radius 1 is 0.765 bits per heavy atom. The third kappa shape index (κ3) is 9.57. The zero-order valence-electron chi connectivity index (χ0n) is 11.5. The molecule has 3 heteroatoms. The zero-order valence-corrected chi connectivity index (χ0v) is 11.5. The van der Waals surface area contributed by atoms with Crippen molar-refractivity contribution in [3.63, 3.8) is 0 Å². The summed E-state index contributed by atoms with van der Waals surface area (Å²) < 4.78 is 6.02. The fourth-order valence-electron chi connectivity index (χ4n) is 1.98. The summed E-state index contributed by atoms with van der Waals surface area (Å²) in [4.78, 5) is 0. The highest BCUT2D eigenvalue weighted by Crippen LogP contribution is 2.16. The van der Waals surface area contributed by atoms with E-state index in [1.54, 1.807) is 0 Å². The molecule has 0 saturated heterocycles. The Labute approximate surface area is 106 Å². The number of unbranched alkanes of at least 4 members (excludes halogenated alkanes) is 2. The fourth-order valence-corrected chi connectivity index (χ4v) is 1.98. The summed E-state index contributed by atoms with van der Waals surface area (Å²) >= 11 is 0. The van der Waals surface area contributed by atoms with Gasteiger partial charge in [0.05, 0.1) is 12.2 Å². The Morgan fingerprint density at radius 3 is 1.47 bits per heavy atom. The second kappa shape index (κ2) is 12.3. The highest BCUT2D eigenvalue weighted by molar-refractivity contribution is 4.64. The lowest BCUT2D eigenvalue weighted by molar-refractivity contribution is -0.0416. The molecule has 0 radical (unpaired) electrons. The summed E-state index contributed by atoms with van der Waals surface area (Å²) in [5, 5.41) is 18.1. The highest BCUT2D eigenvalue weighted by atomic mass is 16.5. The van der Waals surface area contributed by atoms with Crippen molar-refractivity contribution in [1.82, 2.24) is 0 Å². The van der Waals surface area contributed by atoms with Gasteiger partial charge in [0, 0.05) is 13.2 Å². The Balaban J connectivity index is 4.02. The van der Waals surface area contributed by atoms with E-state index in [4.69, 9.17) is 14.9 Å². The standard InChI is InChI=1S/C14H30O3/c1-3-5-7-13(9-11-15)17-14(10-12-16)8-6-4-2/h13-16H,3-12H2,1-2H3. The molecule has 2 N–H and O–H groups in total. The summed E-state index contributed by atoms with van der Waals surface area (Å²) in [7, 11) is 0. The Morgan fingerprint density at radius 2 is 1.18 bits per heavy atom. The molecule has 3 nitrogen and oxygen atoms in total. The first-order chi connectivity index (χ1) is 8.28. The monoisotopic (exact) mass is 246 g/mol. The Hall–Kier alpha value is -0.120. The van der Waals surface area contributed by atoms with E-state index >= 15 is 0 Å². The van der Waals surface area contributed by atoms with Crippen LogP contribution in [0.5, 0.6) is 0 Å². The number of ether oxygens (including phenoxy) is 1. The molecule has 0 spiro atoms. The lowest BCUT2D eigenvalue weighted by Crippen LogP contribution is -2.24. The van der Waals surface area contributed by atoms with Crippen LogP contribution in [0.4, 0.5) is 0 Å². The van der Waals surface area contributed by atoms with Gasteiger partial charge < -0.3 is 14.9 Å². The quantitative estimate of drug-likeness (QED) is 0.556. The van der Waals surface area contributed by atoms with Gasteiger partial charge in [-0.2, -0.15) is 0 Å². The summed E-state index contributed by atoms with van der Waals surface area (Å²) in [6.07, 6.45) is 8.39. The topological polar surface area (TPSA) is 49.7 Å². The molecule has 0 aromatic rings. The molecule has 2 atom stereocenters. The van der Waals surface area contributed by atoms with Crippen LogP contribution in [0.2, 0.25) is 0 Å². The predicted molar refractivity (Wildman–Crippen MR) is 71.1 cm³/mol. The maximum atomic E-state index is 9.03. The second-order valence-electron chi connectivity index (χ2n) is 4.69. The second-order valence-corrected chi connectivity index (χ2v) is 4.69. The molecule has 0 aromatic heterocycles. The number of rotatable bonds is 12. The van der Waals surface area contributed by atoms with Gasteiger partial charge in [0.25, 0.3) is 0 Å². The minimum Gasteiger partial charge on any atom is -0.396 e. The molecule has 0 heterocycles. The number of hydrogen-bond acceptors (Lipinski definition) is 3. The van der Waals surface area contributed by atoms with Crippen LogP contribution in [0.3, 0.4) is 0 Å². The highest BCUT2D eigenvalue weighted by Gasteiger charge is 2.15. The van der Waals surface area contributed by atoms with E-state index in [1.165, 1.54) is 0 Å².